The highest BCUT2D eigenvalue weighted by atomic mass is 16.7. The largest absolute Gasteiger partial charge is 0.467 e. The Kier molecular flexibility index (Phi) is 3.65. The third-order valence-corrected chi connectivity index (χ3v) is 4.71. The number of hydrogen-bond donors (Lipinski definition) is 2. The summed E-state index contributed by atoms with van der Waals surface area (Å²) in [5.74, 6) is 0.418. The minimum Gasteiger partial charge on any atom is -0.467 e. The van der Waals surface area contributed by atoms with Crippen LogP contribution in [0.3, 0.4) is 0 Å². The van der Waals surface area contributed by atoms with Gasteiger partial charge in [-0.2, -0.15) is 0 Å². The summed E-state index contributed by atoms with van der Waals surface area (Å²) >= 11 is 0. The number of rotatable bonds is 2. The van der Waals surface area contributed by atoms with E-state index in [-0.39, 0.29) is 23.9 Å². The molecule has 0 bridgehead atoms. The summed E-state index contributed by atoms with van der Waals surface area (Å²) in [7, 11) is 0. The molecule has 6 nitrogen and oxygen atoms in total. The van der Waals surface area contributed by atoms with Crippen molar-refractivity contribution in [1.82, 2.24) is 4.98 Å². The van der Waals surface area contributed by atoms with Gasteiger partial charge in [0.1, 0.15) is 5.75 Å². The van der Waals surface area contributed by atoms with Crippen LogP contribution in [0.25, 0.3) is 0 Å². The number of ether oxygens (including phenoxy) is 2. The second-order valence-corrected chi connectivity index (χ2v) is 7.34. The Morgan fingerprint density at radius 3 is 2.96 bits per heavy atom. The fourth-order valence-corrected chi connectivity index (χ4v) is 3.57. The molecule has 6 heteroatoms. The second kappa shape index (κ2) is 5.74. The number of Topliss-reactive ketones (excluding diaryl/α,β-unsaturated/α-hetero) is 1. The molecule has 0 unspecified atom stereocenters. The minimum absolute atomic E-state index is 0.0133. The number of carbonyl (C=O) groups is 2. The number of aromatic amines is 1. The third kappa shape index (κ3) is 2.82. The van der Waals surface area contributed by atoms with E-state index in [1.165, 1.54) is 0 Å². The number of amides is 1. The summed E-state index contributed by atoms with van der Waals surface area (Å²) in [6.07, 6.45) is 2.83. The standard InChI is InChI=1S/C19H20N2O4/c1-19(2)6-14-17(15(22)7-19)11(8-20-14)18(23)21-13-4-3-5-16-12(13)9-24-10-25-16/h3-5,8,20H,6-7,9-10H2,1-2H3,(H,21,23). The fraction of sp³-hybridized carbons (Fsp3) is 0.368. The highest BCUT2D eigenvalue weighted by molar-refractivity contribution is 6.14. The van der Waals surface area contributed by atoms with E-state index in [4.69, 9.17) is 9.47 Å². The molecule has 0 spiro atoms. The average Bonchev–Trinajstić information content (AvgIpc) is 2.98. The van der Waals surface area contributed by atoms with Crippen LogP contribution in [0.1, 0.15) is 52.2 Å². The molecule has 4 rings (SSSR count). The smallest absolute Gasteiger partial charge is 0.257 e. The lowest BCUT2D eigenvalue weighted by Crippen LogP contribution is -2.28. The summed E-state index contributed by atoms with van der Waals surface area (Å²) in [5, 5.41) is 2.89. The van der Waals surface area contributed by atoms with Crippen molar-refractivity contribution >= 4 is 17.4 Å². The number of hydrogen-bond acceptors (Lipinski definition) is 4. The van der Waals surface area contributed by atoms with Crippen molar-refractivity contribution in [3.05, 3.63) is 46.8 Å². The molecule has 0 radical (unpaired) electrons. The van der Waals surface area contributed by atoms with Gasteiger partial charge in [0.05, 0.1) is 23.4 Å². The van der Waals surface area contributed by atoms with E-state index in [0.29, 0.717) is 35.6 Å². The first-order valence-electron chi connectivity index (χ1n) is 8.32. The zero-order chi connectivity index (χ0) is 17.6. The SMILES string of the molecule is CC1(C)CC(=O)c2c(C(=O)Nc3cccc4c3COCO4)c[nH]c2C1. The normalized spacial score (nSPS) is 18.1. The molecule has 1 aliphatic carbocycles. The first kappa shape index (κ1) is 15.9. The molecule has 25 heavy (non-hydrogen) atoms. The van der Waals surface area contributed by atoms with Crippen LogP contribution in [0.5, 0.6) is 5.75 Å². The van der Waals surface area contributed by atoms with Crippen LogP contribution in [-0.4, -0.2) is 23.5 Å². The molecule has 1 amide bonds. The Hall–Kier alpha value is -2.60. The van der Waals surface area contributed by atoms with E-state index in [2.05, 4.69) is 24.1 Å². The van der Waals surface area contributed by atoms with Crippen molar-refractivity contribution in [3.8, 4) is 5.75 Å². The molecule has 2 aromatic rings. The maximum Gasteiger partial charge on any atom is 0.257 e. The van der Waals surface area contributed by atoms with E-state index in [1.54, 1.807) is 12.3 Å². The minimum atomic E-state index is -0.301. The number of nitrogens with one attached hydrogen (secondary N) is 2. The Labute approximate surface area is 145 Å². The first-order chi connectivity index (χ1) is 11.9. The van der Waals surface area contributed by atoms with Crippen molar-refractivity contribution in [2.75, 3.05) is 12.1 Å². The van der Waals surface area contributed by atoms with Gasteiger partial charge in [0.2, 0.25) is 0 Å². The highest BCUT2D eigenvalue weighted by Crippen LogP contribution is 2.36. The molecule has 130 valence electrons. The molecular weight excluding hydrogens is 320 g/mol. The van der Waals surface area contributed by atoms with Gasteiger partial charge in [-0.3, -0.25) is 9.59 Å². The number of benzene rings is 1. The summed E-state index contributed by atoms with van der Waals surface area (Å²) < 4.78 is 10.7. The van der Waals surface area contributed by atoms with Crippen molar-refractivity contribution in [2.24, 2.45) is 5.41 Å². The number of carbonyl (C=O) groups excluding carboxylic acids is 2. The molecular formula is C19H20N2O4. The van der Waals surface area contributed by atoms with Crippen LogP contribution in [-0.2, 0) is 17.8 Å². The maximum absolute atomic E-state index is 12.8. The summed E-state index contributed by atoms with van der Waals surface area (Å²) in [6, 6.07) is 5.47. The van der Waals surface area contributed by atoms with Gasteiger partial charge in [-0.05, 0) is 24.0 Å². The van der Waals surface area contributed by atoms with Gasteiger partial charge in [0.25, 0.3) is 5.91 Å². The molecule has 1 aromatic heterocycles. The number of ketones is 1. The summed E-state index contributed by atoms with van der Waals surface area (Å²) in [4.78, 5) is 28.4. The van der Waals surface area contributed by atoms with Crippen LogP contribution in [0.15, 0.2) is 24.4 Å². The van der Waals surface area contributed by atoms with E-state index < -0.39 is 0 Å². The number of H-pyrrole nitrogens is 1. The molecule has 1 aromatic carbocycles. The molecule has 2 aliphatic rings. The Balaban J connectivity index is 1.64. The lowest BCUT2D eigenvalue weighted by Gasteiger charge is -2.28. The second-order valence-electron chi connectivity index (χ2n) is 7.34. The van der Waals surface area contributed by atoms with Gasteiger partial charge in [0, 0.05) is 23.9 Å². The van der Waals surface area contributed by atoms with Crippen LogP contribution < -0.4 is 10.1 Å². The molecule has 0 fully saturated rings. The van der Waals surface area contributed by atoms with Crippen molar-refractivity contribution in [3.63, 3.8) is 0 Å². The number of anilines is 1. The van der Waals surface area contributed by atoms with Crippen LogP contribution in [0, 0.1) is 5.41 Å². The van der Waals surface area contributed by atoms with E-state index >= 15 is 0 Å². The Morgan fingerprint density at radius 1 is 1.28 bits per heavy atom. The zero-order valence-electron chi connectivity index (χ0n) is 14.3. The maximum atomic E-state index is 12.8. The average molecular weight is 340 g/mol. The predicted molar refractivity (Wildman–Crippen MR) is 91.9 cm³/mol. The first-order valence-corrected chi connectivity index (χ1v) is 8.32. The van der Waals surface area contributed by atoms with Gasteiger partial charge in [0.15, 0.2) is 12.6 Å². The lowest BCUT2D eigenvalue weighted by molar-refractivity contribution is -0.0159. The monoisotopic (exact) mass is 340 g/mol. The molecule has 0 saturated heterocycles. The van der Waals surface area contributed by atoms with Gasteiger partial charge >= 0.3 is 0 Å². The highest BCUT2D eigenvalue weighted by Gasteiger charge is 2.35. The Bertz CT molecular complexity index is 866. The molecule has 0 atom stereocenters. The molecule has 0 saturated carbocycles. The quantitative estimate of drug-likeness (QED) is 0.879. The molecule has 2 heterocycles. The van der Waals surface area contributed by atoms with Crippen LogP contribution in [0.2, 0.25) is 0 Å². The summed E-state index contributed by atoms with van der Waals surface area (Å²) in [5.41, 5.74) is 3.11. The molecule has 2 N–H and O–H groups in total. The summed E-state index contributed by atoms with van der Waals surface area (Å²) in [6.45, 7) is 4.71. The zero-order valence-corrected chi connectivity index (χ0v) is 14.3. The Morgan fingerprint density at radius 2 is 2.12 bits per heavy atom. The topological polar surface area (TPSA) is 80.4 Å². The van der Waals surface area contributed by atoms with Crippen LogP contribution >= 0.6 is 0 Å². The lowest BCUT2D eigenvalue weighted by atomic mass is 9.75. The van der Waals surface area contributed by atoms with Gasteiger partial charge in [-0.1, -0.05) is 19.9 Å². The van der Waals surface area contributed by atoms with E-state index in [0.717, 1.165) is 17.7 Å². The van der Waals surface area contributed by atoms with Gasteiger partial charge in [-0.25, -0.2) is 0 Å². The number of fused-ring (bicyclic) bond motifs is 2. The van der Waals surface area contributed by atoms with Crippen molar-refractivity contribution < 1.29 is 19.1 Å². The van der Waals surface area contributed by atoms with Gasteiger partial charge in [-0.15, -0.1) is 0 Å². The van der Waals surface area contributed by atoms with Crippen molar-refractivity contribution in [1.29, 1.82) is 0 Å². The predicted octanol–water partition coefficient (Wildman–Crippen LogP) is 3.29. The fourth-order valence-electron chi connectivity index (χ4n) is 3.57. The van der Waals surface area contributed by atoms with Crippen LogP contribution in [0.4, 0.5) is 5.69 Å². The van der Waals surface area contributed by atoms with Gasteiger partial charge < -0.3 is 19.8 Å². The van der Waals surface area contributed by atoms with E-state index in [9.17, 15) is 9.59 Å². The third-order valence-electron chi connectivity index (χ3n) is 4.71. The molecule has 1 aliphatic heterocycles. The van der Waals surface area contributed by atoms with E-state index in [1.807, 2.05) is 12.1 Å². The van der Waals surface area contributed by atoms with Crippen molar-refractivity contribution in [2.45, 2.75) is 33.3 Å². The number of aromatic nitrogens is 1.